The second kappa shape index (κ2) is 8.47. The average Bonchev–Trinajstić information content (AvgIpc) is 3.14. The van der Waals surface area contributed by atoms with E-state index >= 15 is 0 Å². The lowest BCUT2D eigenvalue weighted by Gasteiger charge is -2.30. The molecule has 146 valence electrons. The number of hydrogen-bond acceptors (Lipinski definition) is 4. The maximum Gasteiger partial charge on any atom is 0.225 e. The molecule has 0 bridgehead atoms. The molecule has 8 heteroatoms. The van der Waals surface area contributed by atoms with E-state index in [1.165, 1.54) is 0 Å². The summed E-state index contributed by atoms with van der Waals surface area (Å²) in [7, 11) is 0. The molecule has 0 unspecified atom stereocenters. The number of anilines is 1. The third kappa shape index (κ3) is 4.29. The first-order valence-electron chi connectivity index (χ1n) is 9.37. The maximum absolute atomic E-state index is 12.3. The first kappa shape index (κ1) is 19.2. The molecule has 1 N–H and O–H groups in total. The van der Waals surface area contributed by atoms with Crippen LogP contribution in [0.3, 0.4) is 0 Å². The van der Waals surface area contributed by atoms with Gasteiger partial charge in [0.25, 0.3) is 0 Å². The van der Waals surface area contributed by atoms with E-state index in [0.717, 1.165) is 43.9 Å². The van der Waals surface area contributed by atoms with Crippen LogP contribution in [0.4, 0.5) is 5.69 Å². The Hall–Kier alpha value is -2.15. The zero-order valence-corrected chi connectivity index (χ0v) is 16.8. The number of fused-ring (bicyclic) bond motifs is 1. The Morgan fingerprint density at radius 3 is 2.79 bits per heavy atom. The highest BCUT2D eigenvalue weighted by Gasteiger charge is 2.24. The number of halogens is 2. The van der Waals surface area contributed by atoms with Crippen LogP contribution in [0.5, 0.6) is 0 Å². The zero-order valence-electron chi connectivity index (χ0n) is 15.3. The second-order valence-corrected chi connectivity index (χ2v) is 7.87. The lowest BCUT2D eigenvalue weighted by Crippen LogP contribution is -2.35. The Labute approximate surface area is 173 Å². The largest absolute Gasteiger partial charge is 0.325 e. The van der Waals surface area contributed by atoms with Gasteiger partial charge in [0.1, 0.15) is 5.82 Å². The van der Waals surface area contributed by atoms with E-state index < -0.39 is 0 Å². The number of benzene rings is 1. The van der Waals surface area contributed by atoms with Gasteiger partial charge in [-0.1, -0.05) is 29.3 Å². The number of hydrogen-bond donors (Lipinski definition) is 1. The van der Waals surface area contributed by atoms with E-state index in [4.69, 9.17) is 23.2 Å². The first-order chi connectivity index (χ1) is 13.6. The molecule has 3 heterocycles. The van der Waals surface area contributed by atoms with Crippen LogP contribution in [0, 0.1) is 0 Å². The van der Waals surface area contributed by atoms with Crippen LogP contribution in [0.25, 0.3) is 5.65 Å². The number of carbonyl (C=O) groups excluding carboxylic acids is 1. The normalized spacial score (nSPS) is 15.8. The molecule has 3 aromatic rings. The highest BCUT2D eigenvalue weighted by Crippen LogP contribution is 2.28. The fourth-order valence-corrected chi connectivity index (χ4v) is 3.96. The summed E-state index contributed by atoms with van der Waals surface area (Å²) in [6, 6.07) is 11.0. The third-order valence-electron chi connectivity index (χ3n) is 5.15. The summed E-state index contributed by atoms with van der Waals surface area (Å²) in [6.45, 7) is 2.60. The summed E-state index contributed by atoms with van der Waals surface area (Å²) in [5.74, 6) is 1.37. The van der Waals surface area contributed by atoms with Crippen molar-refractivity contribution in [1.82, 2.24) is 19.5 Å². The van der Waals surface area contributed by atoms with Crippen molar-refractivity contribution < 1.29 is 4.79 Å². The quantitative estimate of drug-likeness (QED) is 0.673. The minimum atomic E-state index is -0.0604. The molecule has 1 fully saturated rings. The molecule has 1 aliphatic heterocycles. The van der Waals surface area contributed by atoms with Gasteiger partial charge in [0.05, 0.1) is 10.7 Å². The zero-order chi connectivity index (χ0) is 19.5. The molecule has 2 aromatic heterocycles. The molecule has 1 aliphatic rings. The number of likely N-dealkylation sites (tertiary alicyclic amines) is 1. The number of rotatable bonds is 5. The lowest BCUT2D eigenvalue weighted by molar-refractivity contribution is -0.116. The molecule has 0 aliphatic carbocycles. The molecular weight excluding hydrogens is 397 g/mol. The van der Waals surface area contributed by atoms with E-state index in [0.29, 0.717) is 28.1 Å². The molecule has 1 amide bonds. The lowest BCUT2D eigenvalue weighted by atomic mass is 9.96. The van der Waals surface area contributed by atoms with Crippen LogP contribution in [-0.2, 0) is 4.79 Å². The first-order valence-corrected chi connectivity index (χ1v) is 10.1. The van der Waals surface area contributed by atoms with E-state index in [-0.39, 0.29) is 5.91 Å². The van der Waals surface area contributed by atoms with Crippen molar-refractivity contribution in [2.75, 3.05) is 25.0 Å². The Morgan fingerprint density at radius 1 is 1.14 bits per heavy atom. The van der Waals surface area contributed by atoms with Crippen LogP contribution in [0.15, 0.2) is 42.6 Å². The highest BCUT2D eigenvalue weighted by atomic mass is 35.5. The Morgan fingerprint density at radius 2 is 1.96 bits per heavy atom. The van der Waals surface area contributed by atoms with Gasteiger partial charge in [-0.3, -0.25) is 9.20 Å². The molecule has 0 radical (unpaired) electrons. The topological polar surface area (TPSA) is 62.5 Å². The van der Waals surface area contributed by atoms with Crippen molar-refractivity contribution >= 4 is 40.4 Å². The summed E-state index contributed by atoms with van der Waals surface area (Å²) < 4.78 is 2.07. The van der Waals surface area contributed by atoms with Crippen LogP contribution < -0.4 is 5.32 Å². The van der Waals surface area contributed by atoms with Gasteiger partial charge in [-0.2, -0.15) is 0 Å². The van der Waals surface area contributed by atoms with Crippen molar-refractivity contribution in [2.45, 2.75) is 25.2 Å². The van der Waals surface area contributed by atoms with Crippen LogP contribution >= 0.6 is 23.2 Å². The van der Waals surface area contributed by atoms with Crippen molar-refractivity contribution in [1.29, 1.82) is 0 Å². The molecule has 0 spiro atoms. The minimum Gasteiger partial charge on any atom is -0.325 e. The molecule has 1 saturated heterocycles. The van der Waals surface area contributed by atoms with Crippen molar-refractivity contribution in [3.8, 4) is 0 Å². The predicted octanol–water partition coefficient (Wildman–Crippen LogP) is 4.24. The van der Waals surface area contributed by atoms with E-state index in [9.17, 15) is 4.79 Å². The number of aromatic nitrogens is 3. The predicted molar refractivity (Wildman–Crippen MR) is 111 cm³/mol. The van der Waals surface area contributed by atoms with E-state index in [1.54, 1.807) is 18.2 Å². The monoisotopic (exact) mass is 417 g/mol. The number of pyridine rings is 1. The van der Waals surface area contributed by atoms with Crippen molar-refractivity contribution in [3.05, 3.63) is 58.5 Å². The minimum absolute atomic E-state index is 0.0604. The summed E-state index contributed by atoms with van der Waals surface area (Å²) >= 11 is 12.1. The van der Waals surface area contributed by atoms with Gasteiger partial charge in [0, 0.05) is 30.1 Å². The molecule has 28 heavy (non-hydrogen) atoms. The third-order valence-corrected chi connectivity index (χ3v) is 5.72. The average molecular weight is 418 g/mol. The van der Waals surface area contributed by atoms with Gasteiger partial charge in [-0.15, -0.1) is 10.2 Å². The Balaban J connectivity index is 1.27. The number of carbonyl (C=O) groups is 1. The highest BCUT2D eigenvalue weighted by molar-refractivity contribution is 6.35. The number of nitrogens with zero attached hydrogens (tertiary/aromatic N) is 4. The second-order valence-electron chi connectivity index (χ2n) is 7.03. The van der Waals surface area contributed by atoms with Crippen molar-refractivity contribution in [3.63, 3.8) is 0 Å². The van der Waals surface area contributed by atoms with Gasteiger partial charge >= 0.3 is 0 Å². The standard InChI is InChI=1S/C20H21Cl2N5O/c21-15-4-5-16(22)17(13-15)23-19(28)8-12-26-10-6-14(7-11-26)20-25-24-18-3-1-2-9-27(18)20/h1-5,9,13-14H,6-8,10-12H2,(H,23,28). The van der Waals surface area contributed by atoms with Gasteiger partial charge in [-0.25, -0.2) is 0 Å². The molecule has 0 saturated carbocycles. The van der Waals surface area contributed by atoms with E-state index in [2.05, 4.69) is 24.8 Å². The summed E-state index contributed by atoms with van der Waals surface area (Å²) in [5.41, 5.74) is 1.44. The molecule has 0 atom stereocenters. The van der Waals surface area contributed by atoms with Crippen LogP contribution in [0.2, 0.25) is 10.0 Å². The SMILES string of the molecule is O=C(CCN1CCC(c2nnc3ccccn23)CC1)Nc1cc(Cl)ccc1Cl. The van der Waals surface area contributed by atoms with Gasteiger partial charge in [-0.05, 0) is 56.3 Å². The van der Waals surface area contributed by atoms with Crippen LogP contribution in [0.1, 0.15) is 31.0 Å². The fourth-order valence-electron chi connectivity index (χ4n) is 3.62. The number of amides is 1. The number of piperidine rings is 1. The van der Waals surface area contributed by atoms with Crippen molar-refractivity contribution in [2.24, 2.45) is 0 Å². The van der Waals surface area contributed by atoms with E-state index in [1.807, 2.05) is 24.4 Å². The Kier molecular flexibility index (Phi) is 5.80. The van der Waals surface area contributed by atoms with Gasteiger partial charge < -0.3 is 10.2 Å². The maximum atomic E-state index is 12.3. The Bertz CT molecular complexity index is 982. The smallest absolute Gasteiger partial charge is 0.225 e. The number of nitrogens with one attached hydrogen (secondary N) is 1. The molecule has 1 aromatic carbocycles. The van der Waals surface area contributed by atoms with Gasteiger partial charge in [0.15, 0.2) is 5.65 Å². The van der Waals surface area contributed by atoms with Crippen LogP contribution in [-0.4, -0.2) is 45.0 Å². The summed E-state index contributed by atoms with van der Waals surface area (Å²) in [6.07, 6.45) is 4.46. The fraction of sp³-hybridized carbons (Fsp3) is 0.350. The molecule has 6 nitrogen and oxygen atoms in total. The molecule has 4 rings (SSSR count). The van der Waals surface area contributed by atoms with Gasteiger partial charge in [0.2, 0.25) is 5.91 Å². The summed E-state index contributed by atoms with van der Waals surface area (Å²) in [5, 5.41) is 12.5. The molecular formula is C20H21Cl2N5O. The summed E-state index contributed by atoms with van der Waals surface area (Å²) in [4.78, 5) is 14.6.